The molecule has 0 saturated heterocycles. The molecule has 1 aliphatic heterocycles. The van der Waals surface area contributed by atoms with Crippen molar-refractivity contribution in [1.29, 1.82) is 0 Å². The fourth-order valence-electron chi connectivity index (χ4n) is 2.53. The van der Waals surface area contributed by atoms with Gasteiger partial charge in [0, 0.05) is 18.4 Å². The van der Waals surface area contributed by atoms with Crippen molar-refractivity contribution in [2.24, 2.45) is 0 Å². The summed E-state index contributed by atoms with van der Waals surface area (Å²) in [7, 11) is 4.42. The van der Waals surface area contributed by atoms with E-state index in [1.165, 1.54) is 21.3 Å². The van der Waals surface area contributed by atoms with E-state index in [1.54, 1.807) is 25.1 Å². The van der Waals surface area contributed by atoms with Crippen LogP contribution in [0.4, 0.5) is 4.79 Å². The number of methoxy groups -OCH3 is 3. The quantitative estimate of drug-likeness (QED) is 0.603. The number of para-hydroxylation sites is 1. The molecule has 0 saturated carbocycles. The monoisotopic (exact) mass is 336 g/mol. The number of amides is 2. The highest BCUT2D eigenvalue weighted by Gasteiger charge is 2.34. The second kappa shape index (κ2) is 7.69. The molecule has 2 N–H and O–H groups in total. The topological polar surface area (TPSA) is 95.1 Å². The van der Waals surface area contributed by atoms with Gasteiger partial charge >= 0.3 is 12.0 Å². The maximum absolute atomic E-state index is 12.4. The van der Waals surface area contributed by atoms with E-state index in [1.807, 2.05) is 0 Å². The summed E-state index contributed by atoms with van der Waals surface area (Å²) in [5.74, 6) is 0.318. The van der Waals surface area contributed by atoms with Gasteiger partial charge < -0.3 is 29.6 Å². The predicted octanol–water partition coefficient (Wildman–Crippen LogP) is 1.48. The molecule has 8 heteroatoms. The molecule has 0 fully saturated rings. The molecule has 1 aromatic rings. The van der Waals surface area contributed by atoms with E-state index >= 15 is 0 Å². The number of carbonyl (C=O) groups is 2. The molecule has 2 rings (SSSR count). The Kier molecular flexibility index (Phi) is 5.64. The smallest absolute Gasteiger partial charge is 0.340 e. The lowest BCUT2D eigenvalue weighted by Gasteiger charge is -2.29. The van der Waals surface area contributed by atoms with Gasteiger partial charge in [-0.1, -0.05) is 12.1 Å². The molecule has 1 unspecified atom stereocenters. The number of nitrogens with one attached hydrogen (secondary N) is 2. The highest BCUT2D eigenvalue weighted by Crippen LogP contribution is 2.38. The lowest BCUT2D eigenvalue weighted by atomic mass is 9.94. The summed E-state index contributed by atoms with van der Waals surface area (Å²) in [4.78, 5) is 24.3. The molecule has 24 heavy (non-hydrogen) atoms. The zero-order valence-electron chi connectivity index (χ0n) is 14.0. The second-order valence-corrected chi connectivity index (χ2v) is 4.99. The normalized spacial score (nSPS) is 17.0. The number of benzene rings is 1. The first-order valence-electron chi connectivity index (χ1n) is 7.18. The van der Waals surface area contributed by atoms with Crippen molar-refractivity contribution in [2.75, 3.05) is 28.1 Å². The summed E-state index contributed by atoms with van der Waals surface area (Å²) in [5, 5.41) is 5.28. The molecule has 0 bridgehead atoms. The highest BCUT2D eigenvalue weighted by atomic mass is 16.7. The maximum atomic E-state index is 12.4. The van der Waals surface area contributed by atoms with E-state index in [0.29, 0.717) is 22.8 Å². The van der Waals surface area contributed by atoms with E-state index in [-0.39, 0.29) is 12.4 Å². The first-order valence-corrected chi connectivity index (χ1v) is 7.18. The van der Waals surface area contributed by atoms with Gasteiger partial charge in [0.2, 0.25) is 0 Å². The molecule has 0 aromatic heterocycles. The fourth-order valence-corrected chi connectivity index (χ4v) is 2.53. The van der Waals surface area contributed by atoms with Crippen LogP contribution in [-0.4, -0.2) is 40.1 Å². The minimum Gasteiger partial charge on any atom is -0.493 e. The molecule has 2 amide bonds. The number of rotatable bonds is 6. The van der Waals surface area contributed by atoms with Crippen molar-refractivity contribution < 1.29 is 28.5 Å². The zero-order valence-corrected chi connectivity index (χ0v) is 14.0. The molecule has 8 nitrogen and oxygen atoms in total. The fraction of sp³-hybridized carbons (Fsp3) is 0.375. The zero-order chi connectivity index (χ0) is 17.7. The molecular formula is C16H20N2O6. The number of carbonyl (C=O) groups excluding carboxylic acids is 2. The molecular weight excluding hydrogens is 316 g/mol. The lowest BCUT2D eigenvalue weighted by Crippen LogP contribution is -2.45. The summed E-state index contributed by atoms with van der Waals surface area (Å²) in [5.41, 5.74) is 1.24. The lowest BCUT2D eigenvalue weighted by molar-refractivity contribution is -0.149. The third-order valence-corrected chi connectivity index (χ3v) is 3.54. The number of hydrogen-bond donors (Lipinski definition) is 2. The standard InChI is InChI=1S/C16H20N2O6/c1-9-12(15(19)24-8-21-2)13(18-16(20)17-9)10-6-5-7-11(22-3)14(10)23-4/h5-7,13H,8H2,1-4H3,(H2,17,18,20). The van der Waals surface area contributed by atoms with Crippen molar-refractivity contribution >= 4 is 12.0 Å². The van der Waals surface area contributed by atoms with E-state index in [4.69, 9.17) is 18.9 Å². The van der Waals surface area contributed by atoms with E-state index in [2.05, 4.69) is 10.6 Å². The van der Waals surface area contributed by atoms with Crippen LogP contribution < -0.4 is 20.1 Å². The summed E-state index contributed by atoms with van der Waals surface area (Å²) < 4.78 is 20.5. The minimum absolute atomic E-state index is 0.189. The molecule has 0 radical (unpaired) electrons. The first kappa shape index (κ1) is 17.6. The molecule has 1 heterocycles. The van der Waals surface area contributed by atoms with Gasteiger partial charge in [-0.15, -0.1) is 0 Å². The molecule has 1 aromatic carbocycles. The Bertz CT molecular complexity index is 671. The molecule has 0 spiro atoms. The minimum atomic E-state index is -0.742. The van der Waals surface area contributed by atoms with Gasteiger partial charge in [-0.3, -0.25) is 0 Å². The average Bonchev–Trinajstić information content (AvgIpc) is 2.58. The Balaban J connectivity index is 2.51. The largest absolute Gasteiger partial charge is 0.493 e. The Morgan fingerprint density at radius 3 is 2.58 bits per heavy atom. The summed E-state index contributed by atoms with van der Waals surface area (Å²) in [6.45, 7) is 1.44. The highest BCUT2D eigenvalue weighted by molar-refractivity contribution is 5.95. The Morgan fingerprint density at radius 1 is 1.21 bits per heavy atom. The number of allylic oxidation sites excluding steroid dienone is 1. The van der Waals surface area contributed by atoms with Gasteiger partial charge in [-0.2, -0.15) is 0 Å². The van der Waals surface area contributed by atoms with Crippen LogP contribution in [0.5, 0.6) is 11.5 Å². The van der Waals surface area contributed by atoms with Gasteiger partial charge in [0.1, 0.15) is 0 Å². The van der Waals surface area contributed by atoms with Gasteiger partial charge in [-0.25, -0.2) is 9.59 Å². The average molecular weight is 336 g/mol. The molecule has 1 aliphatic rings. The van der Waals surface area contributed by atoms with E-state index in [0.717, 1.165) is 0 Å². The molecule has 0 aliphatic carbocycles. The first-order chi connectivity index (χ1) is 11.5. The number of urea groups is 1. The van der Waals surface area contributed by atoms with Gasteiger partial charge in [0.15, 0.2) is 18.3 Å². The number of ether oxygens (including phenoxy) is 4. The van der Waals surface area contributed by atoms with Crippen LogP contribution in [0, 0.1) is 0 Å². The van der Waals surface area contributed by atoms with Crippen LogP contribution in [-0.2, 0) is 14.3 Å². The Morgan fingerprint density at radius 2 is 1.96 bits per heavy atom. The van der Waals surface area contributed by atoms with Crippen LogP contribution in [0.2, 0.25) is 0 Å². The van der Waals surface area contributed by atoms with Gasteiger partial charge in [0.25, 0.3) is 0 Å². The second-order valence-electron chi connectivity index (χ2n) is 4.99. The van der Waals surface area contributed by atoms with E-state index < -0.39 is 18.0 Å². The van der Waals surface area contributed by atoms with Crippen molar-refractivity contribution in [3.63, 3.8) is 0 Å². The predicted molar refractivity (Wildman–Crippen MR) is 84.6 cm³/mol. The number of esters is 1. The maximum Gasteiger partial charge on any atom is 0.340 e. The van der Waals surface area contributed by atoms with Crippen molar-refractivity contribution in [3.8, 4) is 11.5 Å². The summed E-state index contributed by atoms with van der Waals surface area (Å²) in [6.07, 6.45) is 0. The Hall–Kier alpha value is -2.74. The van der Waals surface area contributed by atoms with E-state index in [9.17, 15) is 9.59 Å². The van der Waals surface area contributed by atoms with Gasteiger partial charge in [-0.05, 0) is 13.0 Å². The third kappa shape index (κ3) is 3.43. The SMILES string of the molecule is COCOC(=O)C1=C(C)NC(=O)NC1c1cccc(OC)c1OC. The molecule has 1 atom stereocenters. The summed E-state index contributed by atoms with van der Waals surface area (Å²) >= 11 is 0. The van der Waals surface area contributed by atoms with Crippen LogP contribution in [0.25, 0.3) is 0 Å². The van der Waals surface area contributed by atoms with Crippen molar-refractivity contribution in [1.82, 2.24) is 10.6 Å². The van der Waals surface area contributed by atoms with Gasteiger partial charge in [0.05, 0.1) is 25.8 Å². The van der Waals surface area contributed by atoms with Crippen molar-refractivity contribution in [2.45, 2.75) is 13.0 Å². The number of hydrogen-bond acceptors (Lipinski definition) is 6. The van der Waals surface area contributed by atoms with Crippen LogP contribution >= 0.6 is 0 Å². The van der Waals surface area contributed by atoms with Crippen molar-refractivity contribution in [3.05, 3.63) is 35.0 Å². The molecule has 130 valence electrons. The summed E-state index contributed by atoms with van der Waals surface area (Å²) in [6, 6.07) is 4.05. The van der Waals surface area contributed by atoms with Crippen LogP contribution in [0.15, 0.2) is 29.5 Å². The van der Waals surface area contributed by atoms with Crippen LogP contribution in [0.3, 0.4) is 0 Å². The third-order valence-electron chi connectivity index (χ3n) is 3.54. The van der Waals surface area contributed by atoms with Crippen LogP contribution in [0.1, 0.15) is 18.5 Å². The Labute approximate surface area is 139 Å².